The predicted octanol–water partition coefficient (Wildman–Crippen LogP) is 10.8. The molecule has 0 saturated carbocycles. The third kappa shape index (κ3) is 4.71. The Morgan fingerprint density at radius 1 is 0.480 bits per heavy atom. The van der Waals surface area contributed by atoms with Gasteiger partial charge in [0.2, 0.25) is 0 Å². The number of rotatable bonds is 5. The number of hydrogen-bond donors (Lipinski definition) is 1. The molecular formula is C45H30N4O. The first-order valence-electron chi connectivity index (χ1n) is 16.9. The number of amidine groups is 2. The number of para-hydroxylation sites is 1. The lowest BCUT2D eigenvalue weighted by molar-refractivity contribution is 0.669. The summed E-state index contributed by atoms with van der Waals surface area (Å²) in [6, 6.07) is 59.2. The van der Waals surface area contributed by atoms with Crippen molar-refractivity contribution in [3.63, 3.8) is 0 Å². The molecule has 1 unspecified atom stereocenters. The fourth-order valence-corrected chi connectivity index (χ4v) is 7.23. The maximum absolute atomic E-state index is 6.34. The van der Waals surface area contributed by atoms with E-state index in [4.69, 9.17) is 14.4 Å². The minimum atomic E-state index is -0.266. The molecule has 0 fully saturated rings. The highest BCUT2D eigenvalue weighted by atomic mass is 16.3. The van der Waals surface area contributed by atoms with Crippen molar-refractivity contribution < 1.29 is 4.42 Å². The lowest BCUT2D eigenvalue weighted by atomic mass is 10.0. The van der Waals surface area contributed by atoms with E-state index in [0.717, 1.165) is 61.2 Å². The van der Waals surface area contributed by atoms with Gasteiger partial charge in [0, 0.05) is 38.4 Å². The van der Waals surface area contributed by atoms with Crippen LogP contribution in [0.4, 0.5) is 0 Å². The molecule has 1 aliphatic rings. The number of hydrogen-bond acceptors (Lipinski definition) is 4. The maximum Gasteiger partial charge on any atom is 0.159 e. The maximum atomic E-state index is 6.34. The van der Waals surface area contributed by atoms with Crippen molar-refractivity contribution in [2.24, 2.45) is 9.98 Å². The number of nitrogens with one attached hydrogen (secondary N) is 1. The second kappa shape index (κ2) is 11.5. The number of furan rings is 1. The van der Waals surface area contributed by atoms with Crippen LogP contribution in [0.5, 0.6) is 0 Å². The second-order valence-electron chi connectivity index (χ2n) is 12.7. The molecule has 0 bridgehead atoms. The largest absolute Gasteiger partial charge is 0.456 e. The van der Waals surface area contributed by atoms with Gasteiger partial charge in [-0.3, -0.25) is 0 Å². The van der Waals surface area contributed by atoms with Gasteiger partial charge in [0.1, 0.15) is 23.2 Å². The zero-order chi connectivity index (χ0) is 33.0. The Balaban J connectivity index is 1.16. The van der Waals surface area contributed by atoms with Gasteiger partial charge in [-0.1, -0.05) is 127 Å². The summed E-state index contributed by atoms with van der Waals surface area (Å²) in [7, 11) is 0. The van der Waals surface area contributed by atoms with E-state index in [-0.39, 0.29) is 6.17 Å². The van der Waals surface area contributed by atoms with E-state index in [1.165, 1.54) is 21.9 Å². The summed E-state index contributed by atoms with van der Waals surface area (Å²) >= 11 is 0. The van der Waals surface area contributed by atoms with Gasteiger partial charge in [-0.15, -0.1) is 0 Å². The van der Waals surface area contributed by atoms with Crippen molar-refractivity contribution >= 4 is 55.4 Å². The van der Waals surface area contributed by atoms with Crippen LogP contribution in [0, 0.1) is 0 Å². The molecule has 0 aliphatic carbocycles. The number of aromatic nitrogens is 1. The van der Waals surface area contributed by atoms with Crippen molar-refractivity contribution in [1.29, 1.82) is 0 Å². The second-order valence-corrected chi connectivity index (χ2v) is 12.7. The van der Waals surface area contributed by atoms with Gasteiger partial charge in [0.15, 0.2) is 5.84 Å². The quantitative estimate of drug-likeness (QED) is 0.203. The number of fused-ring (bicyclic) bond motifs is 6. The van der Waals surface area contributed by atoms with E-state index >= 15 is 0 Å². The van der Waals surface area contributed by atoms with Crippen molar-refractivity contribution in [2.75, 3.05) is 0 Å². The lowest BCUT2D eigenvalue weighted by Gasteiger charge is -2.23. The van der Waals surface area contributed by atoms with Gasteiger partial charge in [0.25, 0.3) is 0 Å². The van der Waals surface area contributed by atoms with Crippen LogP contribution < -0.4 is 5.32 Å². The van der Waals surface area contributed by atoms with Gasteiger partial charge in [0.05, 0.1) is 11.0 Å². The van der Waals surface area contributed by atoms with E-state index in [2.05, 4.69) is 137 Å². The molecule has 3 heterocycles. The standard InChI is InChI=1S/C45H30N4O/c1-4-12-29(13-5-1)32-21-24-41-37(26-32)38-28-34(22-25-42(38)50-41)49-39-19-11-10-18-35(39)36-23-20-33(27-40(36)49)45-47-43(30-14-6-2-7-15-30)46-44(48-45)31-16-8-3-9-17-31/h1-28,43H,(H,46,47,48). The highest BCUT2D eigenvalue weighted by molar-refractivity contribution is 6.16. The van der Waals surface area contributed by atoms with Crippen LogP contribution in [0.3, 0.4) is 0 Å². The van der Waals surface area contributed by atoms with Gasteiger partial charge in [-0.25, -0.2) is 9.98 Å². The van der Waals surface area contributed by atoms with E-state index in [0.29, 0.717) is 5.84 Å². The Labute approximate surface area is 288 Å². The highest BCUT2D eigenvalue weighted by Crippen LogP contribution is 2.37. The molecule has 1 aliphatic heterocycles. The Hall–Kier alpha value is -6.72. The third-order valence-corrected chi connectivity index (χ3v) is 9.66. The van der Waals surface area contributed by atoms with Crippen molar-refractivity contribution in [3.05, 3.63) is 187 Å². The third-order valence-electron chi connectivity index (χ3n) is 9.66. The molecule has 0 spiro atoms. The van der Waals surface area contributed by atoms with Crippen LogP contribution in [-0.4, -0.2) is 16.2 Å². The van der Waals surface area contributed by atoms with Gasteiger partial charge < -0.3 is 14.3 Å². The Morgan fingerprint density at radius 3 is 1.92 bits per heavy atom. The van der Waals surface area contributed by atoms with Crippen LogP contribution in [0.1, 0.15) is 22.9 Å². The van der Waals surface area contributed by atoms with Gasteiger partial charge >= 0.3 is 0 Å². The molecule has 0 amide bonds. The fourth-order valence-electron chi connectivity index (χ4n) is 7.23. The van der Waals surface area contributed by atoms with Crippen LogP contribution in [0.15, 0.2) is 184 Å². The summed E-state index contributed by atoms with van der Waals surface area (Å²) in [5, 5.41) is 8.13. The topological polar surface area (TPSA) is 54.8 Å². The number of aliphatic imine (C=N–C) groups is 2. The molecule has 5 heteroatoms. The Kier molecular flexibility index (Phi) is 6.49. The van der Waals surface area contributed by atoms with Gasteiger partial charge in [-0.2, -0.15) is 0 Å². The molecule has 236 valence electrons. The van der Waals surface area contributed by atoms with Gasteiger partial charge in [-0.05, 0) is 59.2 Å². The molecule has 1 atom stereocenters. The zero-order valence-corrected chi connectivity index (χ0v) is 27.0. The first-order valence-corrected chi connectivity index (χ1v) is 16.9. The van der Waals surface area contributed by atoms with Crippen molar-refractivity contribution in [3.8, 4) is 16.8 Å². The molecule has 0 saturated heterocycles. The zero-order valence-electron chi connectivity index (χ0n) is 27.0. The summed E-state index contributed by atoms with van der Waals surface area (Å²) in [6.07, 6.45) is -0.266. The average Bonchev–Trinajstić information content (AvgIpc) is 3.73. The summed E-state index contributed by atoms with van der Waals surface area (Å²) in [5.74, 6) is 1.50. The smallest absolute Gasteiger partial charge is 0.159 e. The van der Waals surface area contributed by atoms with Crippen molar-refractivity contribution in [2.45, 2.75) is 6.17 Å². The molecule has 10 rings (SSSR count). The molecule has 50 heavy (non-hydrogen) atoms. The summed E-state index contributed by atoms with van der Waals surface area (Å²) < 4.78 is 8.69. The van der Waals surface area contributed by atoms with E-state index in [1.54, 1.807) is 0 Å². The van der Waals surface area contributed by atoms with Crippen LogP contribution in [0.2, 0.25) is 0 Å². The molecular weight excluding hydrogens is 613 g/mol. The summed E-state index contributed by atoms with van der Waals surface area (Å²) in [4.78, 5) is 10.3. The van der Waals surface area contributed by atoms with Crippen LogP contribution >= 0.6 is 0 Å². The molecule has 5 nitrogen and oxygen atoms in total. The van der Waals surface area contributed by atoms with Crippen molar-refractivity contribution in [1.82, 2.24) is 9.88 Å². The van der Waals surface area contributed by atoms with E-state index in [1.807, 2.05) is 42.5 Å². The number of benzene rings is 7. The SMILES string of the molecule is c1ccc(C2=NC(c3ccc4c5ccccc5n(-c5ccc6oc7ccc(-c8ccccc8)cc7c6c5)c4c3)=NC(c3ccccc3)N2)cc1. The predicted molar refractivity (Wildman–Crippen MR) is 205 cm³/mol. The Bertz CT molecular complexity index is 2780. The van der Waals surface area contributed by atoms with E-state index in [9.17, 15) is 0 Å². The first-order chi connectivity index (χ1) is 24.8. The minimum absolute atomic E-state index is 0.266. The first kappa shape index (κ1) is 28.3. The normalized spacial score (nSPS) is 14.6. The van der Waals surface area contributed by atoms with E-state index < -0.39 is 0 Å². The monoisotopic (exact) mass is 642 g/mol. The van der Waals surface area contributed by atoms with Crippen LogP contribution in [0.25, 0.3) is 60.6 Å². The molecule has 2 aromatic heterocycles. The molecule has 9 aromatic rings. The number of nitrogens with zero attached hydrogens (tertiary/aromatic N) is 3. The summed E-state index contributed by atoms with van der Waals surface area (Å²) in [5.41, 5.74) is 10.5. The average molecular weight is 643 g/mol. The fraction of sp³-hybridized carbons (Fsp3) is 0.0222. The summed E-state index contributed by atoms with van der Waals surface area (Å²) in [6.45, 7) is 0. The Morgan fingerprint density at radius 2 is 1.12 bits per heavy atom. The molecule has 1 N–H and O–H groups in total. The minimum Gasteiger partial charge on any atom is -0.456 e. The molecule has 7 aromatic carbocycles. The highest BCUT2D eigenvalue weighted by Gasteiger charge is 2.22. The van der Waals surface area contributed by atoms with Crippen LogP contribution in [-0.2, 0) is 0 Å². The molecule has 0 radical (unpaired) electrons. The lowest BCUT2D eigenvalue weighted by Crippen LogP contribution is -2.33.